The molecule has 1 aromatic heterocycles. The van der Waals surface area contributed by atoms with Gasteiger partial charge in [0.05, 0.1) is 25.3 Å². The van der Waals surface area contributed by atoms with Crippen LogP contribution in [0.1, 0.15) is 0 Å². The van der Waals surface area contributed by atoms with Crippen LogP contribution in [0.5, 0.6) is 0 Å². The summed E-state index contributed by atoms with van der Waals surface area (Å²) in [4.78, 5) is 11.1. The van der Waals surface area contributed by atoms with E-state index >= 15 is 0 Å². The topological polar surface area (TPSA) is 64.3 Å². The van der Waals surface area contributed by atoms with Gasteiger partial charge in [-0.1, -0.05) is 0 Å². The van der Waals surface area contributed by atoms with E-state index in [1.807, 2.05) is 0 Å². The van der Waals surface area contributed by atoms with Gasteiger partial charge < -0.3 is 9.84 Å². The van der Waals surface area contributed by atoms with E-state index in [1.54, 1.807) is 0 Å². The van der Waals surface area contributed by atoms with Crippen LogP contribution >= 0.6 is 0 Å². The van der Waals surface area contributed by atoms with Crippen molar-refractivity contribution >= 4 is 0 Å². The predicted octanol–water partition coefficient (Wildman–Crippen LogP) is -0.949. The summed E-state index contributed by atoms with van der Waals surface area (Å²) in [7, 11) is 1.48. The molecule has 5 nitrogen and oxygen atoms in total. The highest BCUT2D eigenvalue weighted by atomic mass is 16.5. The largest absolute Gasteiger partial charge is 0.389 e. The molecule has 0 aliphatic rings. The number of aliphatic hydroxyl groups excluding tert-OH is 1. The molecule has 0 amide bonds. The molecule has 0 fully saturated rings. The zero-order chi connectivity index (χ0) is 9.68. The first kappa shape index (κ1) is 9.88. The minimum absolute atomic E-state index is 0.129. The quantitative estimate of drug-likeness (QED) is 0.653. The second kappa shape index (κ2) is 4.74. The van der Waals surface area contributed by atoms with Gasteiger partial charge in [-0.3, -0.25) is 4.79 Å². The molecule has 5 heteroatoms. The van der Waals surface area contributed by atoms with Gasteiger partial charge in [-0.05, 0) is 6.07 Å². The molecule has 1 aromatic rings. The number of nitrogens with zero attached hydrogens (tertiary/aromatic N) is 2. The Balaban J connectivity index is 2.63. The van der Waals surface area contributed by atoms with Crippen LogP contribution in [0.25, 0.3) is 0 Å². The number of rotatable bonds is 4. The number of ether oxygens (including phenoxy) is 1. The second-order valence-corrected chi connectivity index (χ2v) is 2.57. The van der Waals surface area contributed by atoms with Gasteiger partial charge in [-0.15, -0.1) is 0 Å². The first-order chi connectivity index (χ1) is 6.24. The Morgan fingerprint density at radius 1 is 1.85 bits per heavy atom. The number of aromatic nitrogens is 2. The molecule has 0 bridgehead atoms. The van der Waals surface area contributed by atoms with E-state index in [4.69, 9.17) is 4.74 Å². The monoisotopic (exact) mass is 183 g/mol. The summed E-state index contributed by atoms with van der Waals surface area (Å²) in [5, 5.41) is 13.0. The average Bonchev–Trinajstić information content (AvgIpc) is 2.09. The van der Waals surface area contributed by atoms with E-state index in [0.717, 1.165) is 4.68 Å². The van der Waals surface area contributed by atoms with Crippen molar-refractivity contribution in [2.24, 2.45) is 0 Å². The number of methoxy groups -OCH3 is 1. The van der Waals surface area contributed by atoms with Gasteiger partial charge in [0.2, 0.25) is 0 Å². The van der Waals surface area contributed by atoms with Crippen LogP contribution in [0.3, 0.4) is 0 Å². The molecule has 0 saturated heterocycles. The fourth-order valence-corrected chi connectivity index (χ4v) is 0.924. The molecule has 1 rings (SSSR count). The molecule has 1 atom stereocenters. The van der Waals surface area contributed by atoms with Crippen LogP contribution in [0.4, 0.5) is 0 Å². The predicted molar refractivity (Wildman–Crippen MR) is 45.2 cm³/mol. The fourth-order valence-electron chi connectivity index (χ4n) is 0.924. The molecule has 1 heterocycles. The SMILES string of the molecule is COC[C@@H](O)Cn1ncc[c]c1=O. The summed E-state index contributed by atoms with van der Waals surface area (Å²) >= 11 is 0. The zero-order valence-corrected chi connectivity index (χ0v) is 7.30. The molecule has 1 N–H and O–H groups in total. The lowest BCUT2D eigenvalue weighted by molar-refractivity contribution is 0.0504. The minimum Gasteiger partial charge on any atom is -0.389 e. The maximum atomic E-state index is 11.1. The molecule has 71 valence electrons. The fraction of sp³-hybridized carbons (Fsp3) is 0.500. The highest BCUT2D eigenvalue weighted by Crippen LogP contribution is 1.86. The molecular weight excluding hydrogens is 172 g/mol. The van der Waals surface area contributed by atoms with E-state index in [-0.39, 0.29) is 18.7 Å². The van der Waals surface area contributed by atoms with Gasteiger partial charge in [0.1, 0.15) is 0 Å². The summed E-state index contributed by atoms with van der Waals surface area (Å²) in [6, 6.07) is 3.87. The maximum Gasteiger partial charge on any atom is 0.274 e. The lowest BCUT2D eigenvalue weighted by atomic mass is 10.4. The van der Waals surface area contributed by atoms with E-state index in [0.29, 0.717) is 0 Å². The summed E-state index contributed by atoms with van der Waals surface area (Å²) in [5.41, 5.74) is -0.349. The highest BCUT2D eigenvalue weighted by Gasteiger charge is 2.05. The number of aliphatic hydroxyl groups is 1. The van der Waals surface area contributed by atoms with E-state index in [2.05, 4.69) is 11.2 Å². The second-order valence-electron chi connectivity index (χ2n) is 2.57. The highest BCUT2D eigenvalue weighted by molar-refractivity contribution is 4.82. The number of hydrogen-bond acceptors (Lipinski definition) is 4. The zero-order valence-electron chi connectivity index (χ0n) is 7.30. The Morgan fingerprint density at radius 2 is 2.62 bits per heavy atom. The van der Waals surface area contributed by atoms with Crippen LogP contribution in [0.2, 0.25) is 0 Å². The molecule has 0 saturated carbocycles. The van der Waals surface area contributed by atoms with Gasteiger partial charge in [0, 0.05) is 13.3 Å². The van der Waals surface area contributed by atoms with Crippen molar-refractivity contribution in [2.45, 2.75) is 12.6 Å². The lowest BCUT2D eigenvalue weighted by Gasteiger charge is -2.09. The van der Waals surface area contributed by atoms with Crippen LogP contribution in [-0.2, 0) is 11.3 Å². The van der Waals surface area contributed by atoms with Crippen molar-refractivity contribution < 1.29 is 9.84 Å². The van der Waals surface area contributed by atoms with Crippen LogP contribution in [0.15, 0.2) is 17.1 Å². The normalized spacial score (nSPS) is 12.8. The van der Waals surface area contributed by atoms with E-state index < -0.39 is 6.10 Å². The molecule has 0 aromatic carbocycles. The first-order valence-electron chi connectivity index (χ1n) is 3.85. The van der Waals surface area contributed by atoms with Crippen LogP contribution < -0.4 is 5.56 Å². The first-order valence-corrected chi connectivity index (χ1v) is 3.85. The Morgan fingerprint density at radius 3 is 3.23 bits per heavy atom. The van der Waals surface area contributed by atoms with Crippen molar-refractivity contribution in [2.75, 3.05) is 13.7 Å². The van der Waals surface area contributed by atoms with Gasteiger partial charge >= 0.3 is 0 Å². The molecule has 0 aliphatic heterocycles. The van der Waals surface area contributed by atoms with Crippen molar-refractivity contribution in [1.29, 1.82) is 0 Å². The smallest absolute Gasteiger partial charge is 0.274 e. The van der Waals surface area contributed by atoms with Crippen LogP contribution in [0, 0.1) is 6.07 Å². The summed E-state index contributed by atoms with van der Waals surface area (Å²) in [6.07, 6.45) is 0.729. The third-order valence-corrected chi connectivity index (χ3v) is 1.46. The average molecular weight is 183 g/mol. The molecule has 0 spiro atoms. The third kappa shape index (κ3) is 2.96. The van der Waals surface area contributed by atoms with Gasteiger partial charge in [0.25, 0.3) is 5.56 Å². The molecular formula is C8H11N2O3. The van der Waals surface area contributed by atoms with E-state index in [9.17, 15) is 9.90 Å². The van der Waals surface area contributed by atoms with Crippen LogP contribution in [-0.4, -0.2) is 34.7 Å². The standard InChI is InChI=1S/C8H11N2O3/c1-13-6-7(11)5-10-8(12)3-2-4-9-10/h2,4,7,11H,5-6H2,1H3/t7-/m0/s1. The number of hydrogen-bond donors (Lipinski definition) is 1. The van der Waals surface area contributed by atoms with Crippen molar-refractivity contribution in [1.82, 2.24) is 9.78 Å². The molecule has 0 aliphatic carbocycles. The minimum atomic E-state index is -0.717. The van der Waals surface area contributed by atoms with Gasteiger partial charge in [-0.25, -0.2) is 4.68 Å². The Bertz CT molecular complexity index is 310. The Kier molecular flexibility index (Phi) is 3.60. The summed E-state index contributed by atoms with van der Waals surface area (Å²) < 4.78 is 5.85. The Labute approximate surface area is 75.6 Å². The van der Waals surface area contributed by atoms with Gasteiger partial charge in [0.15, 0.2) is 0 Å². The summed E-state index contributed by atoms with van der Waals surface area (Å²) in [5.74, 6) is 0. The van der Waals surface area contributed by atoms with E-state index in [1.165, 1.54) is 19.4 Å². The van der Waals surface area contributed by atoms with Crippen molar-refractivity contribution in [3.05, 3.63) is 28.7 Å². The van der Waals surface area contributed by atoms with Gasteiger partial charge in [-0.2, -0.15) is 5.10 Å². The Hall–Kier alpha value is -1.20. The summed E-state index contributed by atoms with van der Waals surface area (Å²) in [6.45, 7) is 0.313. The molecule has 1 radical (unpaired) electrons. The van der Waals surface area contributed by atoms with Crippen molar-refractivity contribution in [3.8, 4) is 0 Å². The molecule has 0 unspecified atom stereocenters. The third-order valence-electron chi connectivity index (χ3n) is 1.46. The maximum absolute atomic E-state index is 11.1. The lowest BCUT2D eigenvalue weighted by Crippen LogP contribution is -2.30. The molecule has 13 heavy (non-hydrogen) atoms. The van der Waals surface area contributed by atoms with Crippen molar-refractivity contribution in [3.63, 3.8) is 0 Å².